The van der Waals surface area contributed by atoms with E-state index in [1.54, 1.807) is 0 Å². The highest BCUT2D eigenvalue weighted by atomic mass is 79.9. The monoisotopic (exact) mass is 284 g/mol. The fraction of sp³-hybridized carbons (Fsp3) is 0.571. The van der Waals surface area contributed by atoms with E-state index in [0.29, 0.717) is 11.8 Å². The van der Waals surface area contributed by atoms with Gasteiger partial charge in [0.05, 0.1) is 6.61 Å². The van der Waals surface area contributed by atoms with Crippen molar-refractivity contribution in [2.75, 3.05) is 6.61 Å². The largest absolute Gasteiger partial charge is 0.493 e. The van der Waals surface area contributed by atoms with Crippen LogP contribution >= 0.6 is 15.9 Å². The minimum Gasteiger partial charge on any atom is -0.493 e. The van der Waals surface area contributed by atoms with Gasteiger partial charge in [0, 0.05) is 4.47 Å². The summed E-state index contributed by atoms with van der Waals surface area (Å²) < 4.78 is 6.96. The second-order valence-corrected chi connectivity index (χ2v) is 5.78. The number of rotatable bonds is 5. The molecule has 0 aromatic heterocycles. The van der Waals surface area contributed by atoms with Crippen molar-refractivity contribution < 1.29 is 4.74 Å². The summed E-state index contributed by atoms with van der Waals surface area (Å²) in [6, 6.07) is 6.24. The van der Waals surface area contributed by atoms with Gasteiger partial charge in [0.25, 0.3) is 0 Å². The number of halogens is 1. The lowest BCUT2D eigenvalue weighted by Gasteiger charge is -2.15. The Hall–Kier alpha value is -0.500. The first kappa shape index (κ1) is 13.6. The van der Waals surface area contributed by atoms with Crippen molar-refractivity contribution in [1.29, 1.82) is 0 Å². The van der Waals surface area contributed by atoms with Crippen LogP contribution in [0, 0.1) is 5.92 Å². The van der Waals surface area contributed by atoms with E-state index in [-0.39, 0.29) is 0 Å². The van der Waals surface area contributed by atoms with Crippen molar-refractivity contribution in [3.05, 3.63) is 28.2 Å². The summed E-state index contributed by atoms with van der Waals surface area (Å²) in [6.45, 7) is 9.62. The maximum Gasteiger partial charge on any atom is 0.122 e. The topological polar surface area (TPSA) is 9.23 Å². The molecule has 16 heavy (non-hydrogen) atoms. The van der Waals surface area contributed by atoms with E-state index in [4.69, 9.17) is 4.74 Å². The third-order valence-electron chi connectivity index (χ3n) is 2.55. The van der Waals surface area contributed by atoms with Crippen molar-refractivity contribution in [1.82, 2.24) is 0 Å². The van der Waals surface area contributed by atoms with Gasteiger partial charge in [-0.05, 0) is 42.0 Å². The van der Waals surface area contributed by atoms with E-state index < -0.39 is 0 Å². The third kappa shape index (κ3) is 4.17. The van der Waals surface area contributed by atoms with Crippen LogP contribution in [0.15, 0.2) is 22.7 Å². The molecule has 0 N–H and O–H groups in total. The van der Waals surface area contributed by atoms with Gasteiger partial charge >= 0.3 is 0 Å². The lowest BCUT2D eigenvalue weighted by atomic mass is 10.0. The fourth-order valence-electron chi connectivity index (χ4n) is 1.51. The average molecular weight is 285 g/mol. The molecule has 1 rings (SSSR count). The first-order valence-electron chi connectivity index (χ1n) is 5.93. The van der Waals surface area contributed by atoms with E-state index in [1.165, 1.54) is 5.56 Å². The summed E-state index contributed by atoms with van der Waals surface area (Å²) in [5.41, 5.74) is 1.28. The van der Waals surface area contributed by atoms with Crippen LogP contribution in [0.5, 0.6) is 5.75 Å². The first-order valence-corrected chi connectivity index (χ1v) is 6.72. The van der Waals surface area contributed by atoms with Crippen LogP contribution in [0.2, 0.25) is 0 Å². The summed E-state index contributed by atoms with van der Waals surface area (Å²) in [5, 5.41) is 0. The molecule has 0 atom stereocenters. The molecular formula is C14H21BrO. The highest BCUT2D eigenvalue weighted by molar-refractivity contribution is 9.10. The van der Waals surface area contributed by atoms with E-state index in [2.05, 4.69) is 55.8 Å². The zero-order valence-corrected chi connectivity index (χ0v) is 12.2. The Morgan fingerprint density at radius 3 is 2.44 bits per heavy atom. The smallest absolute Gasteiger partial charge is 0.122 e. The number of hydrogen-bond donors (Lipinski definition) is 0. The molecule has 2 heteroatoms. The second kappa shape index (κ2) is 6.29. The molecule has 0 amide bonds. The quantitative estimate of drug-likeness (QED) is 0.740. The second-order valence-electron chi connectivity index (χ2n) is 4.87. The summed E-state index contributed by atoms with van der Waals surface area (Å²) in [4.78, 5) is 0. The molecular weight excluding hydrogens is 264 g/mol. The van der Waals surface area contributed by atoms with E-state index in [0.717, 1.165) is 23.2 Å². The molecule has 0 aliphatic carbocycles. The van der Waals surface area contributed by atoms with E-state index in [9.17, 15) is 0 Å². The lowest BCUT2D eigenvalue weighted by molar-refractivity contribution is 0.286. The molecule has 1 aromatic carbocycles. The van der Waals surface area contributed by atoms with Crippen molar-refractivity contribution >= 4 is 15.9 Å². The van der Waals surface area contributed by atoms with Crippen LogP contribution in [-0.4, -0.2) is 6.61 Å². The van der Waals surface area contributed by atoms with Crippen LogP contribution in [-0.2, 0) is 0 Å². The van der Waals surface area contributed by atoms with Gasteiger partial charge in [-0.25, -0.2) is 0 Å². The number of ether oxygens (including phenoxy) is 1. The molecule has 0 spiro atoms. The highest BCUT2D eigenvalue weighted by Gasteiger charge is 2.08. The molecule has 1 nitrogen and oxygen atoms in total. The number of hydrogen-bond acceptors (Lipinski definition) is 1. The van der Waals surface area contributed by atoms with Crippen molar-refractivity contribution in [3.8, 4) is 5.75 Å². The molecule has 0 saturated heterocycles. The molecule has 0 radical (unpaired) electrons. The Bertz CT molecular complexity index is 332. The van der Waals surface area contributed by atoms with E-state index >= 15 is 0 Å². The highest BCUT2D eigenvalue weighted by Crippen LogP contribution is 2.29. The van der Waals surface area contributed by atoms with Gasteiger partial charge in [-0.15, -0.1) is 0 Å². The Balaban J connectivity index is 2.71. The van der Waals surface area contributed by atoms with Gasteiger partial charge in [0.2, 0.25) is 0 Å². The maximum atomic E-state index is 5.84. The minimum absolute atomic E-state index is 0.492. The zero-order valence-electron chi connectivity index (χ0n) is 10.6. The van der Waals surface area contributed by atoms with Gasteiger partial charge in [-0.2, -0.15) is 0 Å². The summed E-state index contributed by atoms with van der Waals surface area (Å²) >= 11 is 3.50. The number of benzene rings is 1. The van der Waals surface area contributed by atoms with Gasteiger partial charge in [0.15, 0.2) is 0 Å². The SMILES string of the molecule is CC(C)CCOc1ccc(Br)cc1C(C)C. The molecule has 0 saturated carbocycles. The van der Waals surface area contributed by atoms with Crippen molar-refractivity contribution in [2.24, 2.45) is 5.92 Å². The minimum atomic E-state index is 0.492. The Morgan fingerprint density at radius 1 is 1.19 bits per heavy atom. The van der Waals surface area contributed by atoms with Crippen molar-refractivity contribution in [3.63, 3.8) is 0 Å². The zero-order chi connectivity index (χ0) is 12.1. The Kier molecular flexibility index (Phi) is 5.33. The van der Waals surface area contributed by atoms with Gasteiger partial charge < -0.3 is 4.74 Å². The van der Waals surface area contributed by atoms with Crippen LogP contribution in [0.4, 0.5) is 0 Å². The molecule has 0 aliphatic heterocycles. The van der Waals surface area contributed by atoms with Gasteiger partial charge in [-0.1, -0.05) is 43.6 Å². The normalized spacial score (nSPS) is 11.2. The predicted molar refractivity (Wildman–Crippen MR) is 73.2 cm³/mol. The molecule has 1 aromatic rings. The third-order valence-corrected chi connectivity index (χ3v) is 3.04. The molecule has 0 fully saturated rings. The Morgan fingerprint density at radius 2 is 1.88 bits per heavy atom. The van der Waals surface area contributed by atoms with Crippen molar-refractivity contribution in [2.45, 2.75) is 40.0 Å². The first-order chi connectivity index (χ1) is 7.50. The fourth-order valence-corrected chi connectivity index (χ4v) is 1.89. The Labute approximate surface area is 107 Å². The van der Waals surface area contributed by atoms with Gasteiger partial charge in [-0.3, -0.25) is 0 Å². The predicted octanol–water partition coefficient (Wildman–Crippen LogP) is 5.00. The average Bonchev–Trinajstić information content (AvgIpc) is 2.19. The standard InChI is InChI=1S/C14H21BrO/c1-10(2)7-8-16-14-6-5-12(15)9-13(14)11(3)4/h5-6,9-11H,7-8H2,1-4H3. The molecule has 0 unspecified atom stereocenters. The van der Waals surface area contributed by atoms with Crippen LogP contribution in [0.25, 0.3) is 0 Å². The van der Waals surface area contributed by atoms with Crippen LogP contribution in [0.1, 0.15) is 45.6 Å². The van der Waals surface area contributed by atoms with Gasteiger partial charge in [0.1, 0.15) is 5.75 Å². The summed E-state index contributed by atoms with van der Waals surface area (Å²) in [7, 11) is 0. The van der Waals surface area contributed by atoms with Crippen LogP contribution in [0.3, 0.4) is 0 Å². The lowest BCUT2D eigenvalue weighted by Crippen LogP contribution is -2.04. The molecule has 90 valence electrons. The molecule has 0 aliphatic rings. The van der Waals surface area contributed by atoms with Crippen LogP contribution < -0.4 is 4.74 Å². The molecule has 0 heterocycles. The summed E-state index contributed by atoms with van der Waals surface area (Å²) in [5.74, 6) is 2.21. The van der Waals surface area contributed by atoms with E-state index in [1.807, 2.05) is 6.07 Å². The maximum absolute atomic E-state index is 5.84. The summed E-state index contributed by atoms with van der Waals surface area (Å²) in [6.07, 6.45) is 1.10. The molecule has 0 bridgehead atoms.